The van der Waals surface area contributed by atoms with Crippen LogP contribution in [0.4, 0.5) is 0 Å². The molecule has 5 heteroatoms. The predicted molar refractivity (Wildman–Crippen MR) is 101 cm³/mol. The van der Waals surface area contributed by atoms with E-state index in [9.17, 15) is 0 Å². The third-order valence-electron chi connectivity index (χ3n) is 5.74. The molecule has 0 atom stereocenters. The van der Waals surface area contributed by atoms with E-state index in [4.69, 9.17) is 4.22 Å². The van der Waals surface area contributed by atoms with Crippen LogP contribution in [0.15, 0.2) is 44.2 Å². The molecule has 0 spiro atoms. The molecule has 0 aromatic carbocycles. The number of rotatable bonds is 3. The molecule has 0 amide bonds. The monoisotopic (exact) mass is 382 g/mol. The van der Waals surface area contributed by atoms with Gasteiger partial charge in [-0.2, -0.15) is 0 Å². The molecule has 0 radical (unpaired) electrons. The van der Waals surface area contributed by atoms with E-state index in [0.717, 1.165) is 12.8 Å². The summed E-state index contributed by atoms with van der Waals surface area (Å²) in [7, 11) is 0. The second-order valence-corrected chi connectivity index (χ2v) is 28.9. The van der Waals surface area contributed by atoms with E-state index in [1.165, 1.54) is 0 Å². The van der Waals surface area contributed by atoms with E-state index < -0.39 is 21.5 Å². The zero-order chi connectivity index (χ0) is 14.3. The average molecular weight is 383 g/mol. The number of nitrogens with two attached hydrogens (primary N) is 1. The molecule has 2 aliphatic rings. The van der Waals surface area contributed by atoms with Crippen molar-refractivity contribution in [1.82, 2.24) is 0 Å². The van der Waals surface area contributed by atoms with Gasteiger partial charge >= 0.3 is 120 Å². The topological polar surface area (TPSA) is 26.0 Å². The molecule has 0 aliphatic heterocycles. The van der Waals surface area contributed by atoms with Gasteiger partial charge in [0.25, 0.3) is 0 Å². The fourth-order valence-electron chi connectivity index (χ4n) is 4.47. The van der Waals surface area contributed by atoms with Crippen molar-refractivity contribution < 1.29 is 14.8 Å². The third kappa shape index (κ3) is 2.73. The summed E-state index contributed by atoms with van der Waals surface area (Å²) in [6.45, 7) is 11.2. The van der Waals surface area contributed by atoms with E-state index >= 15 is 0 Å². The number of hydrogen-bond donors (Lipinski definition) is 1. The van der Waals surface area contributed by atoms with Crippen molar-refractivity contribution in [1.29, 1.82) is 0 Å². The zero-order valence-electron chi connectivity index (χ0n) is 13.8. The Morgan fingerprint density at radius 3 is 1.52 bits per heavy atom. The SMILES string of the molecule is C[SiH](C)[Ti]([NH2])([C]1=CC=CC1)([C]1=CC=CC1)[C](C)(C)C.Cl.Cl. The van der Waals surface area contributed by atoms with Crippen LogP contribution in [-0.4, -0.2) is 6.66 Å². The number of halogens is 2. The fourth-order valence-corrected chi connectivity index (χ4v) is 31.3. The van der Waals surface area contributed by atoms with Gasteiger partial charge in [0, 0.05) is 0 Å². The zero-order valence-corrected chi connectivity index (χ0v) is 18.2. The van der Waals surface area contributed by atoms with Crippen molar-refractivity contribution in [2.45, 2.75) is 50.4 Å². The van der Waals surface area contributed by atoms with Crippen LogP contribution in [-0.2, 0) is 14.8 Å². The summed E-state index contributed by atoms with van der Waals surface area (Å²) < 4.78 is 11.0. The molecule has 0 heterocycles. The summed E-state index contributed by atoms with van der Waals surface area (Å²) in [6, 6.07) is 0. The second kappa shape index (κ2) is 6.90. The summed E-state index contributed by atoms with van der Waals surface area (Å²) in [4.78, 5) is 0. The van der Waals surface area contributed by atoms with Crippen LogP contribution >= 0.6 is 24.8 Å². The maximum Gasteiger partial charge on any atom is -0.147 e. The van der Waals surface area contributed by atoms with Gasteiger partial charge in [-0.05, 0) is 0 Å². The molecule has 0 fully saturated rings. The quantitative estimate of drug-likeness (QED) is 0.659. The minimum absolute atomic E-state index is 0. The predicted octanol–water partition coefficient (Wildman–Crippen LogP) is 5.28. The van der Waals surface area contributed by atoms with E-state index in [2.05, 4.69) is 70.3 Å². The van der Waals surface area contributed by atoms with Crippen molar-refractivity contribution in [2.75, 3.05) is 0 Å². The van der Waals surface area contributed by atoms with Crippen LogP contribution in [0.1, 0.15) is 33.6 Å². The maximum absolute atomic E-state index is 7.59. The molecular weight excluding hydrogens is 353 g/mol. The normalized spacial score (nSPS) is 19.5. The Balaban J connectivity index is 0.00000200. The van der Waals surface area contributed by atoms with Gasteiger partial charge in [0.2, 0.25) is 0 Å². The Labute approximate surface area is 144 Å². The molecule has 121 valence electrons. The molecule has 0 aromatic rings. The maximum atomic E-state index is 7.59. The molecular formula is C16H30Cl2NSiTi. The summed E-state index contributed by atoms with van der Waals surface area (Å²) >= 11 is -3.33. The molecule has 2 aliphatic carbocycles. The van der Waals surface area contributed by atoms with Crippen molar-refractivity contribution in [3.63, 3.8) is 0 Å². The minimum atomic E-state index is -3.33. The second-order valence-electron chi connectivity index (χ2n) is 7.46. The molecule has 0 bridgehead atoms. The van der Waals surface area contributed by atoms with E-state index in [-0.39, 0.29) is 28.5 Å². The first kappa shape index (κ1) is 21.4. The first-order valence-electron chi connectivity index (χ1n) is 7.42. The Morgan fingerprint density at radius 1 is 0.952 bits per heavy atom. The van der Waals surface area contributed by atoms with Crippen molar-refractivity contribution in [3.8, 4) is 0 Å². The Morgan fingerprint density at radius 2 is 1.33 bits per heavy atom. The summed E-state index contributed by atoms with van der Waals surface area (Å²) in [5, 5.41) is 0. The van der Waals surface area contributed by atoms with Crippen LogP contribution in [0.2, 0.25) is 16.8 Å². The van der Waals surface area contributed by atoms with Crippen molar-refractivity contribution in [2.24, 2.45) is 4.22 Å². The van der Waals surface area contributed by atoms with Gasteiger partial charge in [-0.3, -0.25) is 0 Å². The van der Waals surface area contributed by atoms with Crippen LogP contribution in [0.5, 0.6) is 0 Å². The molecule has 0 aromatic heterocycles. The summed E-state index contributed by atoms with van der Waals surface area (Å²) in [6.07, 6.45) is 15.9. The van der Waals surface area contributed by atoms with Gasteiger partial charge in [0.05, 0.1) is 0 Å². The molecule has 0 saturated heterocycles. The molecule has 2 N–H and O–H groups in total. The number of allylic oxidation sites excluding steroid dienone is 8. The van der Waals surface area contributed by atoms with Gasteiger partial charge < -0.3 is 0 Å². The van der Waals surface area contributed by atoms with Crippen molar-refractivity contribution >= 4 is 31.5 Å². The number of hydrogen-bond acceptors (Lipinski definition) is 1. The van der Waals surface area contributed by atoms with Gasteiger partial charge in [0.15, 0.2) is 0 Å². The Bertz CT molecular complexity index is 483. The molecule has 0 saturated carbocycles. The summed E-state index contributed by atoms with van der Waals surface area (Å²) in [5.41, 5.74) is 0. The summed E-state index contributed by atoms with van der Waals surface area (Å²) in [5.74, 6) is 0. The van der Waals surface area contributed by atoms with Crippen LogP contribution < -0.4 is 4.22 Å². The molecule has 1 nitrogen and oxygen atoms in total. The Kier molecular flexibility index (Phi) is 7.04. The molecule has 0 unspecified atom stereocenters. The smallest absolute Gasteiger partial charge is 0.147 e. The van der Waals surface area contributed by atoms with Crippen LogP contribution in [0.3, 0.4) is 0 Å². The van der Waals surface area contributed by atoms with Crippen LogP contribution in [0.25, 0.3) is 0 Å². The Hall–Kier alpha value is 0.431. The molecule has 21 heavy (non-hydrogen) atoms. The fraction of sp³-hybridized carbons (Fsp3) is 0.500. The average Bonchev–Trinajstić information content (AvgIpc) is 2.99. The van der Waals surface area contributed by atoms with Gasteiger partial charge in [0.1, 0.15) is 0 Å². The van der Waals surface area contributed by atoms with Crippen LogP contribution in [0, 0.1) is 0 Å². The van der Waals surface area contributed by atoms with E-state index in [1.807, 2.05) is 0 Å². The first-order chi connectivity index (χ1) is 8.73. The van der Waals surface area contributed by atoms with Crippen molar-refractivity contribution in [3.05, 3.63) is 44.2 Å². The molecule has 2 rings (SSSR count). The van der Waals surface area contributed by atoms with E-state index in [0.29, 0.717) is 0 Å². The van der Waals surface area contributed by atoms with Gasteiger partial charge in [-0.25, -0.2) is 0 Å². The minimum Gasteiger partial charge on any atom is -0.147 e. The largest absolute Gasteiger partial charge is 0.147 e. The van der Waals surface area contributed by atoms with Gasteiger partial charge in [-0.1, -0.05) is 0 Å². The van der Waals surface area contributed by atoms with E-state index in [1.54, 1.807) is 7.76 Å². The third-order valence-corrected chi connectivity index (χ3v) is 36.5. The first-order valence-corrected chi connectivity index (χ1v) is 16.3. The standard InChI is InChI=1S/2C5H5.C4H9.C2H7Si.2ClH.H2N.Ti/c2*1-2-4-5-3-1;1-4(2)3;1-3-2;;;;/h2*1-3H,4H2;1-3H3;3H,1-2H3;2*1H;1H2;/q;;;;;;-1;+1. The van der Waals surface area contributed by atoms with Gasteiger partial charge in [-0.15, -0.1) is 24.8 Å².